The quantitative estimate of drug-likeness (QED) is 0.783. The van der Waals surface area contributed by atoms with E-state index in [1.165, 1.54) is 0 Å². The molecule has 0 heterocycles. The zero-order valence-corrected chi connectivity index (χ0v) is 12.4. The molecule has 0 spiro atoms. The Morgan fingerprint density at radius 2 is 1.89 bits per heavy atom. The van der Waals surface area contributed by atoms with Crippen LogP contribution in [0.4, 0.5) is 0 Å². The van der Waals surface area contributed by atoms with Crippen molar-refractivity contribution in [2.75, 3.05) is 23.9 Å². The van der Waals surface area contributed by atoms with Gasteiger partial charge in [0.2, 0.25) is 0 Å². The highest BCUT2D eigenvalue weighted by molar-refractivity contribution is 7.91. The minimum atomic E-state index is -2.94. The summed E-state index contributed by atoms with van der Waals surface area (Å²) < 4.78 is 22.9. The standard InChI is InChI=1S/C13H20ClNO2S/c1-3-18(16,17)10-9-15-13(2,11-14)12-7-5-4-6-8-12/h4-8,15H,3,9-11H2,1-2H3. The Bertz CT molecular complexity index is 461. The third-order valence-electron chi connectivity index (χ3n) is 3.05. The molecule has 102 valence electrons. The van der Waals surface area contributed by atoms with Crippen molar-refractivity contribution in [2.45, 2.75) is 19.4 Å². The van der Waals surface area contributed by atoms with E-state index in [1.807, 2.05) is 37.3 Å². The predicted octanol–water partition coefficient (Wildman–Crippen LogP) is 2.16. The van der Waals surface area contributed by atoms with Gasteiger partial charge in [0.25, 0.3) is 0 Å². The lowest BCUT2D eigenvalue weighted by Gasteiger charge is -2.29. The topological polar surface area (TPSA) is 46.2 Å². The van der Waals surface area contributed by atoms with Crippen LogP contribution >= 0.6 is 11.6 Å². The maximum atomic E-state index is 11.4. The van der Waals surface area contributed by atoms with Crippen molar-refractivity contribution in [3.63, 3.8) is 0 Å². The Balaban J connectivity index is 2.68. The zero-order valence-electron chi connectivity index (χ0n) is 10.8. The molecule has 0 aliphatic heterocycles. The van der Waals surface area contributed by atoms with Crippen LogP contribution in [0.3, 0.4) is 0 Å². The SMILES string of the molecule is CCS(=O)(=O)CCNC(C)(CCl)c1ccccc1. The van der Waals surface area contributed by atoms with Crippen molar-refractivity contribution in [1.82, 2.24) is 5.32 Å². The van der Waals surface area contributed by atoms with E-state index in [9.17, 15) is 8.42 Å². The summed E-state index contributed by atoms with van der Waals surface area (Å²) in [5.41, 5.74) is 0.667. The monoisotopic (exact) mass is 289 g/mol. The van der Waals surface area contributed by atoms with Crippen LogP contribution in [0, 0.1) is 0 Å². The van der Waals surface area contributed by atoms with Gasteiger partial charge in [-0.05, 0) is 12.5 Å². The summed E-state index contributed by atoms with van der Waals surface area (Å²) in [6.45, 7) is 4.05. The van der Waals surface area contributed by atoms with Gasteiger partial charge in [0, 0.05) is 18.2 Å². The fraction of sp³-hybridized carbons (Fsp3) is 0.538. The molecule has 0 fully saturated rings. The summed E-state index contributed by atoms with van der Waals surface area (Å²) in [6.07, 6.45) is 0. The number of nitrogens with one attached hydrogen (secondary N) is 1. The Kier molecular flexibility index (Phi) is 5.63. The molecule has 0 radical (unpaired) electrons. The molecular weight excluding hydrogens is 270 g/mol. The van der Waals surface area contributed by atoms with Gasteiger partial charge in [0.15, 0.2) is 9.84 Å². The molecule has 1 aromatic carbocycles. The van der Waals surface area contributed by atoms with E-state index in [0.717, 1.165) is 5.56 Å². The highest BCUT2D eigenvalue weighted by atomic mass is 35.5. The van der Waals surface area contributed by atoms with Gasteiger partial charge in [0.1, 0.15) is 0 Å². The van der Waals surface area contributed by atoms with Crippen LogP contribution in [0.5, 0.6) is 0 Å². The minimum absolute atomic E-state index is 0.142. The summed E-state index contributed by atoms with van der Waals surface area (Å²) in [7, 11) is -2.94. The van der Waals surface area contributed by atoms with E-state index in [1.54, 1.807) is 6.92 Å². The van der Waals surface area contributed by atoms with Crippen molar-refractivity contribution in [3.8, 4) is 0 Å². The van der Waals surface area contributed by atoms with E-state index in [0.29, 0.717) is 12.4 Å². The normalized spacial score (nSPS) is 15.3. The molecule has 5 heteroatoms. The number of alkyl halides is 1. The number of hydrogen-bond acceptors (Lipinski definition) is 3. The molecule has 0 aliphatic rings. The van der Waals surface area contributed by atoms with E-state index >= 15 is 0 Å². The maximum absolute atomic E-state index is 11.4. The summed E-state index contributed by atoms with van der Waals surface area (Å²) in [5, 5.41) is 3.24. The van der Waals surface area contributed by atoms with E-state index < -0.39 is 15.4 Å². The Labute approximate surface area is 114 Å². The van der Waals surface area contributed by atoms with Gasteiger partial charge in [0.05, 0.1) is 11.3 Å². The molecular formula is C13H20ClNO2S. The van der Waals surface area contributed by atoms with E-state index in [4.69, 9.17) is 11.6 Å². The van der Waals surface area contributed by atoms with Crippen molar-refractivity contribution >= 4 is 21.4 Å². The second kappa shape index (κ2) is 6.55. The van der Waals surface area contributed by atoms with Crippen LogP contribution in [-0.2, 0) is 15.4 Å². The molecule has 0 aromatic heterocycles. The van der Waals surface area contributed by atoms with Crippen LogP contribution < -0.4 is 5.32 Å². The molecule has 18 heavy (non-hydrogen) atoms. The van der Waals surface area contributed by atoms with Gasteiger partial charge < -0.3 is 5.32 Å². The third-order valence-corrected chi connectivity index (χ3v) is 5.29. The van der Waals surface area contributed by atoms with Crippen molar-refractivity contribution in [2.24, 2.45) is 0 Å². The minimum Gasteiger partial charge on any atom is -0.306 e. The van der Waals surface area contributed by atoms with Crippen LogP contribution in [0.2, 0.25) is 0 Å². The summed E-state index contributed by atoms with van der Waals surface area (Å²) in [6, 6.07) is 9.82. The van der Waals surface area contributed by atoms with E-state index in [-0.39, 0.29) is 11.5 Å². The van der Waals surface area contributed by atoms with Crippen LogP contribution in [-0.4, -0.2) is 32.3 Å². The first-order valence-corrected chi connectivity index (χ1v) is 8.36. The maximum Gasteiger partial charge on any atom is 0.151 e. The first-order valence-electron chi connectivity index (χ1n) is 6.00. The third kappa shape index (κ3) is 4.26. The lowest BCUT2D eigenvalue weighted by atomic mass is 9.94. The molecule has 1 N–H and O–H groups in total. The van der Waals surface area contributed by atoms with Crippen molar-refractivity contribution in [3.05, 3.63) is 35.9 Å². The zero-order chi connectivity index (χ0) is 13.6. The molecule has 1 aromatic rings. The van der Waals surface area contributed by atoms with E-state index in [2.05, 4.69) is 5.32 Å². The smallest absolute Gasteiger partial charge is 0.151 e. The second-order valence-corrected chi connectivity index (χ2v) is 7.23. The predicted molar refractivity (Wildman–Crippen MR) is 76.8 cm³/mol. The largest absolute Gasteiger partial charge is 0.306 e. The Morgan fingerprint density at radius 3 is 2.39 bits per heavy atom. The summed E-state index contributed by atoms with van der Waals surface area (Å²) in [4.78, 5) is 0. The highest BCUT2D eigenvalue weighted by Gasteiger charge is 2.25. The van der Waals surface area contributed by atoms with Gasteiger partial charge in [-0.25, -0.2) is 8.42 Å². The average molecular weight is 290 g/mol. The summed E-state index contributed by atoms with van der Waals surface area (Å²) >= 11 is 6.02. The molecule has 0 amide bonds. The van der Waals surface area contributed by atoms with Gasteiger partial charge in [-0.2, -0.15) is 0 Å². The summed E-state index contributed by atoms with van der Waals surface area (Å²) in [5.74, 6) is 0.712. The fourth-order valence-electron chi connectivity index (χ4n) is 1.66. The van der Waals surface area contributed by atoms with Gasteiger partial charge in [-0.1, -0.05) is 37.3 Å². The number of sulfone groups is 1. The first kappa shape index (κ1) is 15.5. The molecule has 0 aliphatic carbocycles. The Morgan fingerprint density at radius 1 is 1.28 bits per heavy atom. The number of benzene rings is 1. The second-order valence-electron chi connectivity index (χ2n) is 4.49. The van der Waals surface area contributed by atoms with Gasteiger partial charge >= 0.3 is 0 Å². The molecule has 1 rings (SSSR count). The van der Waals surface area contributed by atoms with Crippen LogP contribution in [0.15, 0.2) is 30.3 Å². The van der Waals surface area contributed by atoms with Crippen LogP contribution in [0.25, 0.3) is 0 Å². The molecule has 0 saturated heterocycles. The fourth-order valence-corrected chi connectivity index (χ4v) is 2.61. The molecule has 1 atom stereocenters. The molecule has 1 unspecified atom stereocenters. The Hall–Kier alpha value is -0.580. The van der Waals surface area contributed by atoms with Crippen molar-refractivity contribution in [1.29, 1.82) is 0 Å². The highest BCUT2D eigenvalue weighted by Crippen LogP contribution is 2.21. The number of hydrogen-bond donors (Lipinski definition) is 1. The van der Waals surface area contributed by atoms with Crippen molar-refractivity contribution < 1.29 is 8.42 Å². The molecule has 3 nitrogen and oxygen atoms in total. The average Bonchev–Trinajstić information content (AvgIpc) is 2.39. The lowest BCUT2D eigenvalue weighted by molar-refractivity contribution is 0.421. The van der Waals surface area contributed by atoms with Crippen LogP contribution in [0.1, 0.15) is 19.4 Å². The van der Waals surface area contributed by atoms with Gasteiger partial charge in [-0.3, -0.25) is 0 Å². The molecule has 0 bridgehead atoms. The first-order chi connectivity index (χ1) is 8.43. The number of rotatable bonds is 7. The lowest BCUT2D eigenvalue weighted by Crippen LogP contribution is -2.43. The molecule has 0 saturated carbocycles. The van der Waals surface area contributed by atoms with Gasteiger partial charge in [-0.15, -0.1) is 11.6 Å². The number of halogens is 1.